The topological polar surface area (TPSA) is 89.0 Å². The number of anilines is 1. The average molecular weight is 578 g/mol. The molecule has 6 rings (SSSR count). The highest BCUT2D eigenvalue weighted by atomic mass is 32.2. The second-order valence-electron chi connectivity index (χ2n) is 10.2. The Hall–Kier alpha value is -3.31. The molecule has 1 unspecified atom stereocenters. The van der Waals surface area contributed by atoms with E-state index in [4.69, 9.17) is 14.5 Å². The van der Waals surface area contributed by atoms with Crippen molar-refractivity contribution in [3.05, 3.63) is 82.9 Å². The Morgan fingerprint density at radius 3 is 2.62 bits per heavy atom. The fourth-order valence-electron chi connectivity index (χ4n) is 5.37. The normalized spacial score (nSPS) is 17.6. The van der Waals surface area contributed by atoms with Gasteiger partial charge in [-0.05, 0) is 73.2 Å². The van der Waals surface area contributed by atoms with E-state index in [2.05, 4.69) is 0 Å². The summed E-state index contributed by atoms with van der Waals surface area (Å²) in [5.41, 5.74) is 4.38. The summed E-state index contributed by atoms with van der Waals surface area (Å²) < 4.78 is 40.8. The smallest absolute Gasteiger partial charge is 0.260 e. The molecule has 1 fully saturated rings. The van der Waals surface area contributed by atoms with Crippen molar-refractivity contribution in [1.82, 2.24) is 9.29 Å². The second-order valence-corrected chi connectivity index (χ2v) is 13.1. The number of methoxy groups -OCH3 is 1. The molecule has 0 bridgehead atoms. The van der Waals surface area contributed by atoms with E-state index < -0.39 is 10.0 Å². The standard InChI is InChI=1S/C30H31N3O5S2/c1-20-9-14-26(37-2)27-28(20)39-30(31-27)33(19-24-8-5-17-38-24)29(34)22-10-12-25(13-11-22)40(35,36)32-16-15-21-6-3-4-7-23(21)18-32/h3-4,6-7,9-14,24H,5,8,15-19H2,1-2H3. The number of benzene rings is 3. The molecule has 0 N–H and O–H groups in total. The van der Waals surface area contributed by atoms with Crippen LogP contribution in [0.5, 0.6) is 5.75 Å². The molecular formula is C30H31N3O5S2. The lowest BCUT2D eigenvalue weighted by molar-refractivity contribution is 0.0917. The number of thiazole rings is 1. The molecule has 0 spiro atoms. The Labute approximate surface area is 238 Å². The van der Waals surface area contributed by atoms with E-state index in [1.54, 1.807) is 24.1 Å². The van der Waals surface area contributed by atoms with E-state index in [0.29, 0.717) is 49.1 Å². The Kier molecular flexibility index (Phi) is 7.35. The fourth-order valence-corrected chi connectivity index (χ4v) is 7.85. The van der Waals surface area contributed by atoms with E-state index in [9.17, 15) is 13.2 Å². The van der Waals surface area contributed by atoms with Gasteiger partial charge in [0.2, 0.25) is 10.0 Å². The van der Waals surface area contributed by atoms with Gasteiger partial charge in [0.1, 0.15) is 11.3 Å². The molecule has 0 aliphatic carbocycles. The first-order chi connectivity index (χ1) is 19.3. The van der Waals surface area contributed by atoms with Gasteiger partial charge in [0.25, 0.3) is 5.91 Å². The van der Waals surface area contributed by atoms with Gasteiger partial charge in [-0.1, -0.05) is 41.7 Å². The zero-order valence-electron chi connectivity index (χ0n) is 22.5. The monoisotopic (exact) mass is 577 g/mol. The molecule has 1 aromatic heterocycles. The van der Waals surface area contributed by atoms with Crippen molar-refractivity contribution in [3.63, 3.8) is 0 Å². The molecular weight excluding hydrogens is 546 g/mol. The van der Waals surface area contributed by atoms with Crippen molar-refractivity contribution in [1.29, 1.82) is 0 Å². The number of hydrogen-bond acceptors (Lipinski definition) is 7. The Bertz CT molecular complexity index is 1660. The molecule has 0 radical (unpaired) electrons. The van der Waals surface area contributed by atoms with E-state index in [1.807, 2.05) is 43.3 Å². The third-order valence-corrected chi connectivity index (χ3v) is 10.7. The number of rotatable bonds is 7. The number of ether oxygens (including phenoxy) is 2. The van der Waals surface area contributed by atoms with Gasteiger partial charge in [-0.15, -0.1) is 0 Å². The first kappa shape index (κ1) is 26.9. The fraction of sp³-hybridized carbons (Fsp3) is 0.333. The maximum atomic E-state index is 13.9. The van der Waals surface area contributed by atoms with Crippen molar-refractivity contribution in [2.24, 2.45) is 0 Å². The number of hydrogen-bond donors (Lipinski definition) is 0. The maximum absolute atomic E-state index is 13.9. The van der Waals surface area contributed by atoms with Crippen LogP contribution in [0.1, 0.15) is 39.9 Å². The molecule has 3 aromatic carbocycles. The molecule has 2 aliphatic heterocycles. The Morgan fingerprint density at radius 1 is 1.12 bits per heavy atom. The highest BCUT2D eigenvalue weighted by molar-refractivity contribution is 7.89. The number of fused-ring (bicyclic) bond motifs is 2. The molecule has 8 nitrogen and oxygen atoms in total. The number of aromatic nitrogens is 1. The summed E-state index contributed by atoms with van der Waals surface area (Å²) in [6.45, 7) is 3.82. The molecule has 208 valence electrons. The van der Waals surface area contributed by atoms with Crippen molar-refractivity contribution < 1.29 is 22.7 Å². The quantitative estimate of drug-likeness (QED) is 0.301. The van der Waals surface area contributed by atoms with Gasteiger partial charge in [-0.2, -0.15) is 4.31 Å². The number of carbonyl (C=O) groups excluding carboxylic acids is 1. The molecule has 0 saturated carbocycles. The van der Waals surface area contributed by atoms with Crippen molar-refractivity contribution in [2.75, 3.05) is 31.7 Å². The van der Waals surface area contributed by atoms with Crippen molar-refractivity contribution in [3.8, 4) is 5.75 Å². The maximum Gasteiger partial charge on any atom is 0.260 e. The number of carbonyl (C=O) groups is 1. The van der Waals surface area contributed by atoms with Gasteiger partial charge < -0.3 is 9.47 Å². The van der Waals surface area contributed by atoms with E-state index in [1.165, 1.54) is 33.3 Å². The second kappa shape index (κ2) is 10.9. The Balaban J connectivity index is 1.29. The minimum absolute atomic E-state index is 0.0828. The molecule has 2 aliphatic rings. The predicted octanol–water partition coefficient (Wildman–Crippen LogP) is 5.19. The van der Waals surface area contributed by atoms with Crippen LogP contribution in [0.4, 0.5) is 5.13 Å². The Morgan fingerprint density at radius 2 is 1.90 bits per heavy atom. The molecule has 1 atom stereocenters. The summed E-state index contributed by atoms with van der Waals surface area (Å²) in [5, 5.41) is 0.562. The molecule has 40 heavy (non-hydrogen) atoms. The van der Waals surface area contributed by atoms with Crippen LogP contribution in [0.3, 0.4) is 0 Å². The van der Waals surface area contributed by atoms with Gasteiger partial charge in [-0.25, -0.2) is 13.4 Å². The van der Waals surface area contributed by atoms with Gasteiger partial charge in [-0.3, -0.25) is 9.69 Å². The summed E-state index contributed by atoms with van der Waals surface area (Å²) >= 11 is 1.44. The van der Waals surface area contributed by atoms with Crippen LogP contribution in [0, 0.1) is 6.92 Å². The first-order valence-corrected chi connectivity index (χ1v) is 15.7. The molecule has 1 saturated heterocycles. The predicted molar refractivity (Wildman–Crippen MR) is 156 cm³/mol. The summed E-state index contributed by atoms with van der Waals surface area (Å²) in [6, 6.07) is 18.0. The summed E-state index contributed by atoms with van der Waals surface area (Å²) in [5.74, 6) is 0.407. The minimum Gasteiger partial charge on any atom is -0.494 e. The SMILES string of the molecule is COc1ccc(C)c2sc(N(CC3CCCO3)C(=O)c3ccc(S(=O)(=O)N4CCc5ccccc5C4)cc3)nc12. The number of nitrogens with zero attached hydrogens (tertiary/aromatic N) is 3. The lowest BCUT2D eigenvalue weighted by atomic mass is 10.0. The number of amides is 1. The molecule has 4 aromatic rings. The molecule has 10 heteroatoms. The van der Waals surface area contributed by atoms with E-state index >= 15 is 0 Å². The number of sulfonamides is 1. The summed E-state index contributed by atoms with van der Waals surface area (Å²) in [6.07, 6.45) is 2.41. The third kappa shape index (κ3) is 5.01. The average Bonchev–Trinajstić information content (AvgIpc) is 3.66. The zero-order valence-corrected chi connectivity index (χ0v) is 24.1. The van der Waals surface area contributed by atoms with Crippen LogP contribution in [-0.2, 0) is 27.7 Å². The lowest BCUT2D eigenvalue weighted by Crippen LogP contribution is -2.37. The highest BCUT2D eigenvalue weighted by Gasteiger charge is 2.30. The van der Waals surface area contributed by atoms with Crippen molar-refractivity contribution in [2.45, 2.75) is 43.7 Å². The van der Waals surface area contributed by atoms with E-state index in [0.717, 1.165) is 34.2 Å². The van der Waals surface area contributed by atoms with Crippen LogP contribution in [0.25, 0.3) is 10.2 Å². The van der Waals surface area contributed by atoms with Gasteiger partial charge >= 0.3 is 0 Å². The van der Waals surface area contributed by atoms with Crippen LogP contribution in [0.2, 0.25) is 0 Å². The van der Waals surface area contributed by atoms with Crippen molar-refractivity contribution >= 4 is 42.6 Å². The van der Waals surface area contributed by atoms with Crippen LogP contribution in [0.15, 0.2) is 65.6 Å². The van der Waals surface area contributed by atoms with Gasteiger partial charge in [0, 0.05) is 25.3 Å². The molecule has 3 heterocycles. The lowest BCUT2D eigenvalue weighted by Gasteiger charge is -2.28. The highest BCUT2D eigenvalue weighted by Crippen LogP contribution is 2.37. The molecule has 1 amide bonds. The van der Waals surface area contributed by atoms with Gasteiger partial charge in [0.05, 0.1) is 29.4 Å². The zero-order chi connectivity index (χ0) is 27.9. The largest absolute Gasteiger partial charge is 0.494 e. The summed E-state index contributed by atoms with van der Waals surface area (Å²) in [4.78, 5) is 20.5. The van der Waals surface area contributed by atoms with Crippen LogP contribution in [-0.4, -0.2) is 56.5 Å². The van der Waals surface area contributed by atoms with Crippen LogP contribution >= 0.6 is 11.3 Å². The van der Waals surface area contributed by atoms with Gasteiger partial charge in [0.15, 0.2) is 5.13 Å². The first-order valence-electron chi connectivity index (χ1n) is 13.4. The summed E-state index contributed by atoms with van der Waals surface area (Å²) in [7, 11) is -2.10. The van der Waals surface area contributed by atoms with E-state index in [-0.39, 0.29) is 16.9 Å². The van der Waals surface area contributed by atoms with Crippen LogP contribution < -0.4 is 9.64 Å². The number of aryl methyl sites for hydroxylation is 1. The third-order valence-electron chi connectivity index (χ3n) is 7.63. The minimum atomic E-state index is -3.70.